The number of hydrogen-bond acceptors (Lipinski definition) is 7. The van der Waals surface area contributed by atoms with Crippen LogP contribution in [0.3, 0.4) is 0 Å². The lowest BCUT2D eigenvalue weighted by Gasteiger charge is -2.23. The van der Waals surface area contributed by atoms with Gasteiger partial charge in [-0.15, -0.1) is 0 Å². The summed E-state index contributed by atoms with van der Waals surface area (Å²) in [6, 6.07) is 4.65. The highest BCUT2D eigenvalue weighted by molar-refractivity contribution is 7.80. The summed E-state index contributed by atoms with van der Waals surface area (Å²) in [4.78, 5) is 26.3. The number of carbonyl (C=O) groups is 2. The van der Waals surface area contributed by atoms with Crippen LogP contribution in [0.5, 0.6) is 0 Å². The number of halogens is 1. The van der Waals surface area contributed by atoms with Crippen molar-refractivity contribution in [2.24, 2.45) is 0 Å². The average molecular weight is 411 g/mol. The molecule has 1 atom stereocenters. The molecule has 0 radical (unpaired) electrons. The number of ether oxygens (including phenoxy) is 2. The second-order valence-corrected chi connectivity index (χ2v) is 6.69. The standard InChI is InChI=1S/C17H22FN5O4S/c1-26-16(28)19-9-13-10-23(17(25)27-13)12-2-3-15(14(18)8-12)21-5-4-20-22(11-24)7-6-21/h2-3,8,11,13,20H,4-7,9-10H2,1H3,(H,19,28)/t13-/m0/s1. The molecule has 0 aliphatic carbocycles. The Hall–Kier alpha value is -2.66. The number of thiocarbonyl (C=S) groups is 1. The van der Waals surface area contributed by atoms with Gasteiger partial charge in [0.05, 0.1) is 38.1 Å². The van der Waals surface area contributed by atoms with E-state index in [1.165, 1.54) is 23.1 Å². The fraction of sp³-hybridized carbons (Fsp3) is 0.471. The number of cyclic esters (lactones) is 1. The van der Waals surface area contributed by atoms with Crippen molar-refractivity contribution in [2.45, 2.75) is 6.10 Å². The van der Waals surface area contributed by atoms with Gasteiger partial charge in [0.2, 0.25) is 6.41 Å². The van der Waals surface area contributed by atoms with Crippen LogP contribution in [0.25, 0.3) is 0 Å². The van der Waals surface area contributed by atoms with Gasteiger partial charge in [-0.05, 0) is 30.4 Å². The summed E-state index contributed by atoms with van der Waals surface area (Å²) in [5.41, 5.74) is 3.80. The van der Waals surface area contributed by atoms with E-state index in [0.29, 0.717) is 50.5 Å². The van der Waals surface area contributed by atoms with E-state index in [9.17, 15) is 14.0 Å². The minimum absolute atomic E-state index is 0.213. The average Bonchev–Trinajstić information content (AvgIpc) is 2.91. The van der Waals surface area contributed by atoms with Crippen molar-refractivity contribution in [2.75, 3.05) is 56.2 Å². The van der Waals surface area contributed by atoms with Crippen molar-refractivity contribution >= 4 is 41.3 Å². The van der Waals surface area contributed by atoms with E-state index in [4.69, 9.17) is 21.7 Å². The number of nitrogens with zero attached hydrogens (tertiary/aromatic N) is 3. The molecule has 0 unspecified atom stereocenters. The lowest BCUT2D eigenvalue weighted by molar-refractivity contribution is -0.120. The highest BCUT2D eigenvalue weighted by atomic mass is 32.1. The highest BCUT2D eigenvalue weighted by Gasteiger charge is 2.33. The summed E-state index contributed by atoms with van der Waals surface area (Å²) in [5.74, 6) is -0.438. The van der Waals surface area contributed by atoms with Crippen molar-refractivity contribution in [3.8, 4) is 0 Å². The molecule has 3 rings (SSSR count). The second kappa shape index (κ2) is 9.02. The maximum atomic E-state index is 14.8. The summed E-state index contributed by atoms with van der Waals surface area (Å²) in [5, 5.41) is 4.49. The number of carbonyl (C=O) groups excluding carboxylic acids is 2. The van der Waals surface area contributed by atoms with Crippen LogP contribution < -0.4 is 20.5 Å². The number of hydrazine groups is 1. The van der Waals surface area contributed by atoms with Crippen molar-refractivity contribution in [1.82, 2.24) is 15.8 Å². The third kappa shape index (κ3) is 4.60. The minimum Gasteiger partial charge on any atom is -0.474 e. The van der Waals surface area contributed by atoms with Gasteiger partial charge in [0, 0.05) is 19.6 Å². The van der Waals surface area contributed by atoms with Crippen LogP contribution in [-0.2, 0) is 14.3 Å². The number of rotatable bonds is 5. The van der Waals surface area contributed by atoms with Crippen LogP contribution >= 0.6 is 12.2 Å². The Morgan fingerprint density at radius 1 is 1.46 bits per heavy atom. The first kappa shape index (κ1) is 20.1. The Kier molecular flexibility index (Phi) is 6.47. The molecule has 2 heterocycles. The molecule has 28 heavy (non-hydrogen) atoms. The van der Waals surface area contributed by atoms with Gasteiger partial charge in [-0.2, -0.15) is 0 Å². The monoisotopic (exact) mass is 411 g/mol. The van der Waals surface area contributed by atoms with Crippen LogP contribution in [-0.4, -0.2) is 75.2 Å². The third-order valence-corrected chi connectivity index (χ3v) is 4.86. The van der Waals surface area contributed by atoms with Gasteiger partial charge in [-0.25, -0.2) is 14.6 Å². The van der Waals surface area contributed by atoms with E-state index in [2.05, 4.69) is 10.7 Å². The van der Waals surface area contributed by atoms with Crippen molar-refractivity contribution in [3.05, 3.63) is 24.0 Å². The van der Waals surface area contributed by atoms with E-state index >= 15 is 0 Å². The summed E-state index contributed by atoms with van der Waals surface area (Å²) >= 11 is 4.89. The number of hydrogen-bond donors (Lipinski definition) is 2. The fourth-order valence-electron chi connectivity index (χ4n) is 3.11. The second-order valence-electron chi connectivity index (χ2n) is 6.32. The smallest absolute Gasteiger partial charge is 0.414 e. The van der Waals surface area contributed by atoms with Crippen LogP contribution in [0.2, 0.25) is 0 Å². The molecule has 11 heteroatoms. The van der Waals surface area contributed by atoms with Crippen LogP contribution in [0.1, 0.15) is 0 Å². The van der Waals surface area contributed by atoms with Gasteiger partial charge >= 0.3 is 6.09 Å². The summed E-state index contributed by atoms with van der Waals surface area (Å²) in [6.45, 7) is 2.61. The third-order valence-electron chi connectivity index (χ3n) is 4.55. The van der Waals surface area contributed by atoms with Gasteiger partial charge in [0.1, 0.15) is 11.9 Å². The lowest BCUT2D eigenvalue weighted by Crippen LogP contribution is -2.37. The number of anilines is 2. The first-order valence-electron chi connectivity index (χ1n) is 8.81. The molecular weight excluding hydrogens is 389 g/mol. The number of nitrogens with one attached hydrogen (secondary N) is 2. The van der Waals surface area contributed by atoms with Crippen LogP contribution in [0.4, 0.5) is 20.6 Å². The normalized spacial score (nSPS) is 19.9. The molecule has 0 bridgehead atoms. The Morgan fingerprint density at radius 3 is 3.00 bits per heavy atom. The quantitative estimate of drug-likeness (QED) is 0.534. The number of amides is 2. The van der Waals surface area contributed by atoms with Crippen LogP contribution in [0, 0.1) is 5.82 Å². The summed E-state index contributed by atoms with van der Waals surface area (Å²) in [6.07, 6.45) is -0.246. The van der Waals surface area contributed by atoms with Crippen molar-refractivity contribution < 1.29 is 23.5 Å². The lowest BCUT2D eigenvalue weighted by atomic mass is 10.2. The zero-order valence-corrected chi connectivity index (χ0v) is 16.2. The largest absolute Gasteiger partial charge is 0.474 e. The van der Waals surface area contributed by atoms with Gasteiger partial charge in [0.15, 0.2) is 0 Å². The first-order valence-corrected chi connectivity index (χ1v) is 9.22. The number of methoxy groups -OCH3 is 1. The molecule has 2 aliphatic rings. The molecule has 1 aromatic carbocycles. The zero-order chi connectivity index (χ0) is 20.1. The Labute approximate surface area is 167 Å². The van der Waals surface area contributed by atoms with E-state index in [1.807, 2.05) is 4.90 Å². The van der Waals surface area contributed by atoms with Crippen molar-refractivity contribution in [1.29, 1.82) is 0 Å². The Balaban J connectivity index is 1.66. The summed E-state index contributed by atoms with van der Waals surface area (Å²) < 4.78 is 24.9. The van der Waals surface area contributed by atoms with Gasteiger partial charge < -0.3 is 19.7 Å². The molecule has 152 valence electrons. The predicted molar refractivity (Wildman–Crippen MR) is 105 cm³/mol. The molecule has 2 fully saturated rings. The van der Waals surface area contributed by atoms with Gasteiger partial charge in [-0.1, -0.05) is 0 Å². The maximum Gasteiger partial charge on any atom is 0.414 e. The van der Waals surface area contributed by atoms with E-state index in [-0.39, 0.29) is 11.7 Å². The molecule has 2 aliphatic heterocycles. The molecule has 2 N–H and O–H groups in total. The van der Waals surface area contributed by atoms with E-state index in [0.717, 1.165) is 0 Å². The highest BCUT2D eigenvalue weighted by Crippen LogP contribution is 2.28. The maximum absolute atomic E-state index is 14.8. The molecule has 0 spiro atoms. The first-order chi connectivity index (χ1) is 13.5. The molecule has 9 nitrogen and oxygen atoms in total. The Morgan fingerprint density at radius 2 is 2.29 bits per heavy atom. The van der Waals surface area contributed by atoms with Gasteiger partial charge in [-0.3, -0.25) is 14.7 Å². The van der Waals surface area contributed by atoms with E-state index < -0.39 is 18.0 Å². The SMILES string of the molecule is COC(=S)NC[C@H]1CN(c2ccc(N3CCNN(C=O)CC3)c(F)c2)C(=O)O1. The zero-order valence-electron chi connectivity index (χ0n) is 15.4. The number of benzene rings is 1. The molecular formula is C17H22FN5O4S. The molecule has 2 amide bonds. The molecule has 1 aromatic rings. The topological polar surface area (TPSA) is 86.4 Å². The minimum atomic E-state index is -0.539. The fourth-order valence-corrected chi connectivity index (χ4v) is 3.19. The van der Waals surface area contributed by atoms with Gasteiger partial charge in [0.25, 0.3) is 5.17 Å². The summed E-state index contributed by atoms with van der Waals surface area (Å²) in [7, 11) is 1.45. The van der Waals surface area contributed by atoms with Crippen molar-refractivity contribution in [3.63, 3.8) is 0 Å². The predicted octanol–water partition coefficient (Wildman–Crippen LogP) is 0.455. The molecule has 2 saturated heterocycles. The molecule has 0 aromatic heterocycles. The Bertz CT molecular complexity index is 752. The van der Waals surface area contributed by atoms with E-state index in [1.54, 1.807) is 12.1 Å². The molecule has 0 saturated carbocycles. The van der Waals surface area contributed by atoms with Crippen LogP contribution in [0.15, 0.2) is 18.2 Å².